The Morgan fingerprint density at radius 1 is 1.37 bits per heavy atom. The lowest BCUT2D eigenvalue weighted by Gasteiger charge is -2.27. The van der Waals surface area contributed by atoms with Crippen LogP contribution < -0.4 is 0 Å². The van der Waals surface area contributed by atoms with Gasteiger partial charge in [0.05, 0.1) is 13.2 Å². The molecule has 2 aliphatic rings. The number of morpholine rings is 1. The normalized spacial score (nSPS) is 24.4. The molecular weight excluding hydrogens is 242 g/mol. The van der Waals surface area contributed by atoms with E-state index in [1.807, 2.05) is 6.20 Å². The van der Waals surface area contributed by atoms with Crippen LogP contribution in [0.15, 0.2) is 6.20 Å². The Morgan fingerprint density at radius 2 is 2.21 bits per heavy atom. The van der Waals surface area contributed by atoms with Gasteiger partial charge in [0.1, 0.15) is 5.82 Å². The summed E-state index contributed by atoms with van der Waals surface area (Å²) in [5.74, 6) is 1.59. The molecule has 0 bridgehead atoms. The Labute approximate surface area is 114 Å². The maximum Gasteiger partial charge on any atom is 0.110 e. The molecular formula is C14H23N3O2. The Bertz CT molecular complexity index is 413. The zero-order valence-corrected chi connectivity index (χ0v) is 11.4. The van der Waals surface area contributed by atoms with Gasteiger partial charge in [0.2, 0.25) is 0 Å². The highest BCUT2D eigenvalue weighted by molar-refractivity contribution is 5.09. The molecule has 1 aromatic rings. The van der Waals surface area contributed by atoms with Crippen molar-refractivity contribution in [1.29, 1.82) is 0 Å². The van der Waals surface area contributed by atoms with Crippen LogP contribution in [0.5, 0.6) is 0 Å². The van der Waals surface area contributed by atoms with Gasteiger partial charge < -0.3 is 14.4 Å². The standard InChI is InChI=1S/C14H23N3O2/c18-11-12-1-2-13-9-15-14(17(13)10-12)3-4-16-5-7-19-8-6-16/h9,12,18H,1-8,10-11H2. The first-order chi connectivity index (χ1) is 9.36. The van der Waals surface area contributed by atoms with Crippen LogP contribution in [0.4, 0.5) is 0 Å². The van der Waals surface area contributed by atoms with Gasteiger partial charge in [-0.25, -0.2) is 4.98 Å². The van der Waals surface area contributed by atoms with Crippen LogP contribution in [0.1, 0.15) is 17.9 Å². The van der Waals surface area contributed by atoms with Crippen molar-refractivity contribution < 1.29 is 9.84 Å². The molecule has 2 aliphatic heterocycles. The second kappa shape index (κ2) is 6.03. The van der Waals surface area contributed by atoms with E-state index in [-0.39, 0.29) is 0 Å². The van der Waals surface area contributed by atoms with Crippen LogP contribution in [0.2, 0.25) is 0 Å². The van der Waals surface area contributed by atoms with E-state index < -0.39 is 0 Å². The maximum absolute atomic E-state index is 9.32. The van der Waals surface area contributed by atoms with Crippen molar-refractivity contribution in [2.45, 2.75) is 25.8 Å². The number of hydrogen-bond acceptors (Lipinski definition) is 4. The molecule has 106 valence electrons. The fraction of sp³-hybridized carbons (Fsp3) is 0.786. The van der Waals surface area contributed by atoms with Crippen molar-refractivity contribution in [3.8, 4) is 0 Å². The van der Waals surface area contributed by atoms with Gasteiger partial charge in [-0.3, -0.25) is 4.90 Å². The first-order valence-corrected chi connectivity index (χ1v) is 7.31. The molecule has 1 unspecified atom stereocenters. The van der Waals surface area contributed by atoms with Gasteiger partial charge >= 0.3 is 0 Å². The highest BCUT2D eigenvalue weighted by Crippen LogP contribution is 2.21. The van der Waals surface area contributed by atoms with Gasteiger partial charge in [0.15, 0.2) is 0 Å². The highest BCUT2D eigenvalue weighted by atomic mass is 16.5. The van der Waals surface area contributed by atoms with Crippen molar-refractivity contribution in [3.63, 3.8) is 0 Å². The van der Waals surface area contributed by atoms with Gasteiger partial charge in [-0.05, 0) is 12.8 Å². The van der Waals surface area contributed by atoms with E-state index in [2.05, 4.69) is 14.5 Å². The fourth-order valence-corrected chi connectivity index (χ4v) is 3.01. The minimum Gasteiger partial charge on any atom is -0.396 e. The van der Waals surface area contributed by atoms with Crippen LogP contribution >= 0.6 is 0 Å². The number of aryl methyl sites for hydroxylation is 1. The van der Waals surface area contributed by atoms with Crippen molar-refractivity contribution in [2.24, 2.45) is 5.92 Å². The van der Waals surface area contributed by atoms with Crippen LogP contribution in [0.25, 0.3) is 0 Å². The number of aromatic nitrogens is 2. The summed E-state index contributed by atoms with van der Waals surface area (Å²) >= 11 is 0. The Kier molecular flexibility index (Phi) is 4.15. The van der Waals surface area contributed by atoms with Crippen LogP contribution in [0.3, 0.4) is 0 Å². The number of aliphatic hydroxyl groups excluding tert-OH is 1. The average molecular weight is 265 g/mol. The molecule has 5 nitrogen and oxygen atoms in total. The summed E-state index contributed by atoms with van der Waals surface area (Å²) in [6, 6.07) is 0. The van der Waals surface area contributed by atoms with E-state index in [1.165, 1.54) is 11.5 Å². The Balaban J connectivity index is 1.60. The van der Waals surface area contributed by atoms with E-state index in [0.717, 1.165) is 58.7 Å². The topological polar surface area (TPSA) is 50.5 Å². The molecule has 1 N–H and O–H groups in total. The monoisotopic (exact) mass is 265 g/mol. The largest absolute Gasteiger partial charge is 0.396 e. The Hall–Kier alpha value is -0.910. The molecule has 3 heterocycles. The van der Waals surface area contributed by atoms with Gasteiger partial charge in [-0.1, -0.05) is 0 Å². The predicted molar refractivity (Wildman–Crippen MR) is 72.1 cm³/mol. The van der Waals surface area contributed by atoms with E-state index in [0.29, 0.717) is 12.5 Å². The smallest absolute Gasteiger partial charge is 0.110 e. The van der Waals surface area contributed by atoms with E-state index in [4.69, 9.17) is 4.74 Å². The molecule has 0 saturated carbocycles. The molecule has 0 aromatic carbocycles. The number of aliphatic hydroxyl groups is 1. The summed E-state index contributed by atoms with van der Waals surface area (Å²) in [4.78, 5) is 7.02. The number of hydrogen-bond donors (Lipinski definition) is 1. The first-order valence-electron chi connectivity index (χ1n) is 7.31. The first kappa shape index (κ1) is 13.1. The van der Waals surface area contributed by atoms with Crippen LogP contribution in [0, 0.1) is 5.92 Å². The van der Waals surface area contributed by atoms with Crippen molar-refractivity contribution in [3.05, 3.63) is 17.7 Å². The molecule has 5 heteroatoms. The minimum absolute atomic E-state index is 0.292. The van der Waals surface area contributed by atoms with Crippen molar-refractivity contribution >= 4 is 0 Å². The lowest BCUT2D eigenvalue weighted by atomic mass is 9.99. The van der Waals surface area contributed by atoms with Crippen LogP contribution in [-0.4, -0.2) is 59.0 Å². The lowest BCUT2D eigenvalue weighted by Crippen LogP contribution is -2.38. The van der Waals surface area contributed by atoms with Gasteiger partial charge in [-0.15, -0.1) is 0 Å². The van der Waals surface area contributed by atoms with Crippen molar-refractivity contribution in [1.82, 2.24) is 14.5 Å². The molecule has 3 rings (SSSR count). The van der Waals surface area contributed by atoms with E-state index >= 15 is 0 Å². The number of nitrogens with zero attached hydrogens (tertiary/aromatic N) is 3. The summed E-state index contributed by atoms with van der Waals surface area (Å²) in [5.41, 5.74) is 1.33. The fourth-order valence-electron chi connectivity index (χ4n) is 3.01. The molecule has 19 heavy (non-hydrogen) atoms. The van der Waals surface area contributed by atoms with E-state index in [9.17, 15) is 5.11 Å². The maximum atomic E-state index is 9.32. The molecule has 0 aliphatic carbocycles. The molecule has 1 atom stereocenters. The highest BCUT2D eigenvalue weighted by Gasteiger charge is 2.21. The number of rotatable bonds is 4. The minimum atomic E-state index is 0.292. The van der Waals surface area contributed by atoms with Crippen molar-refractivity contribution in [2.75, 3.05) is 39.5 Å². The van der Waals surface area contributed by atoms with E-state index in [1.54, 1.807) is 0 Å². The zero-order valence-electron chi connectivity index (χ0n) is 11.4. The van der Waals surface area contributed by atoms with Gasteiger partial charge in [-0.2, -0.15) is 0 Å². The summed E-state index contributed by atoms with van der Waals surface area (Å²) in [5, 5.41) is 9.32. The SMILES string of the molecule is OCC1CCc2cnc(CCN3CCOCC3)n2C1. The molecule has 0 amide bonds. The summed E-state index contributed by atoms with van der Waals surface area (Å²) in [7, 11) is 0. The third-order valence-electron chi connectivity index (χ3n) is 4.28. The van der Waals surface area contributed by atoms with Crippen LogP contribution in [-0.2, 0) is 24.1 Å². The Morgan fingerprint density at radius 3 is 3.00 bits per heavy atom. The second-order valence-electron chi connectivity index (χ2n) is 5.57. The lowest BCUT2D eigenvalue weighted by molar-refractivity contribution is 0.0380. The summed E-state index contributed by atoms with van der Waals surface area (Å²) in [6.45, 7) is 6.06. The van der Waals surface area contributed by atoms with Gasteiger partial charge in [0, 0.05) is 57.0 Å². The van der Waals surface area contributed by atoms with Gasteiger partial charge in [0.25, 0.3) is 0 Å². The quantitative estimate of drug-likeness (QED) is 0.851. The third kappa shape index (κ3) is 2.99. The number of imidazole rings is 1. The molecule has 1 aromatic heterocycles. The summed E-state index contributed by atoms with van der Waals surface area (Å²) in [6.07, 6.45) is 5.15. The second-order valence-corrected chi connectivity index (χ2v) is 5.57. The number of ether oxygens (including phenoxy) is 1. The molecule has 1 fully saturated rings. The molecule has 0 spiro atoms. The predicted octanol–water partition coefficient (Wildman–Crippen LogP) is 0.313. The zero-order chi connectivity index (χ0) is 13.1. The molecule has 1 saturated heterocycles. The molecule has 0 radical (unpaired) electrons. The average Bonchev–Trinajstić information content (AvgIpc) is 2.88. The third-order valence-corrected chi connectivity index (χ3v) is 4.28. The number of fused-ring (bicyclic) bond motifs is 1. The summed E-state index contributed by atoms with van der Waals surface area (Å²) < 4.78 is 7.69.